The second-order valence-corrected chi connectivity index (χ2v) is 10.5. The summed E-state index contributed by atoms with van der Waals surface area (Å²) in [5.41, 5.74) is 0.00424. The average Bonchev–Trinajstić information content (AvgIpc) is 2.59. The van der Waals surface area contributed by atoms with Gasteiger partial charge in [-0.05, 0) is 67.5 Å². The maximum Gasteiger partial charge on any atom is 0.412 e. The lowest BCUT2D eigenvalue weighted by molar-refractivity contribution is 0.00564. The van der Waals surface area contributed by atoms with Crippen LogP contribution in [0.1, 0.15) is 61.0 Å². The summed E-state index contributed by atoms with van der Waals surface area (Å²) in [5, 5.41) is 12.4. The van der Waals surface area contributed by atoms with Gasteiger partial charge in [0.1, 0.15) is 11.2 Å². The number of benzene rings is 1. The number of carbonyl (C=O) groups excluding carboxylic acids is 2. The highest BCUT2D eigenvalue weighted by atomic mass is 35.5. The molecule has 176 valence electrons. The predicted molar refractivity (Wildman–Crippen MR) is 125 cm³/mol. The third kappa shape index (κ3) is 6.67. The molecule has 32 heavy (non-hydrogen) atoms. The van der Waals surface area contributed by atoms with E-state index >= 15 is 0 Å². The fourth-order valence-corrected chi connectivity index (χ4v) is 3.88. The van der Waals surface area contributed by atoms with E-state index in [4.69, 9.17) is 21.1 Å². The highest BCUT2D eigenvalue weighted by Crippen LogP contribution is 2.37. The number of halogens is 1. The van der Waals surface area contributed by atoms with Crippen LogP contribution < -0.4 is 10.2 Å². The first kappa shape index (κ1) is 25.6. The van der Waals surface area contributed by atoms with Crippen molar-refractivity contribution in [2.24, 2.45) is 0 Å². The lowest BCUT2D eigenvalue weighted by Crippen LogP contribution is -2.59. The molecule has 0 aliphatic carbocycles. The summed E-state index contributed by atoms with van der Waals surface area (Å²) in [6.07, 6.45) is -1.02. The molecule has 2 rings (SSSR count). The largest absolute Gasteiger partial charge is 0.444 e. The molecular weight excluding hydrogens is 432 g/mol. The first-order valence-corrected chi connectivity index (χ1v) is 11.0. The molecular formula is C23H33ClN4O4. The number of ether oxygens (including phenoxy) is 2. The third-order valence-electron chi connectivity index (χ3n) is 4.68. The van der Waals surface area contributed by atoms with Crippen LogP contribution in [0.2, 0.25) is 5.02 Å². The van der Waals surface area contributed by atoms with Crippen LogP contribution in [0.4, 0.5) is 21.0 Å². The summed E-state index contributed by atoms with van der Waals surface area (Å²) in [6, 6.07) is 5.00. The molecule has 1 aliphatic heterocycles. The Kier molecular flexibility index (Phi) is 7.56. The first-order chi connectivity index (χ1) is 14.6. The molecule has 1 fully saturated rings. The van der Waals surface area contributed by atoms with Crippen molar-refractivity contribution >= 4 is 35.2 Å². The van der Waals surface area contributed by atoms with Gasteiger partial charge in [-0.15, -0.1) is 0 Å². The first-order valence-electron chi connectivity index (χ1n) is 10.6. The smallest absolute Gasteiger partial charge is 0.412 e. The molecule has 0 bridgehead atoms. The van der Waals surface area contributed by atoms with Gasteiger partial charge in [0.05, 0.1) is 40.1 Å². The van der Waals surface area contributed by atoms with Crippen molar-refractivity contribution in [2.75, 3.05) is 23.3 Å². The van der Waals surface area contributed by atoms with Gasteiger partial charge in [0.25, 0.3) is 0 Å². The molecule has 1 aliphatic rings. The van der Waals surface area contributed by atoms with E-state index in [2.05, 4.69) is 11.4 Å². The summed E-state index contributed by atoms with van der Waals surface area (Å²) in [4.78, 5) is 28.7. The molecule has 0 aromatic heterocycles. The number of rotatable bonds is 2. The van der Waals surface area contributed by atoms with Crippen molar-refractivity contribution in [1.82, 2.24) is 4.90 Å². The molecule has 1 N–H and O–H groups in total. The Morgan fingerprint density at radius 3 is 2.06 bits per heavy atom. The maximum absolute atomic E-state index is 12.7. The van der Waals surface area contributed by atoms with E-state index in [1.165, 1.54) is 6.07 Å². The standard InChI is InChI=1S/C23H33ClN4O4/c1-14-12-27(13-15(2)28(14)21(30)32-23(6,7)8)18-10-16(11-25)9-17(19(18)24)26-20(29)31-22(3,4)5/h9-10,14-15H,12-13H2,1-8H3,(H,26,29)/t14-,15-/m0/s1. The lowest BCUT2D eigenvalue weighted by atomic mass is 10.1. The van der Waals surface area contributed by atoms with Crippen LogP contribution in [0, 0.1) is 11.3 Å². The van der Waals surface area contributed by atoms with E-state index in [9.17, 15) is 14.9 Å². The van der Waals surface area contributed by atoms with Gasteiger partial charge in [-0.1, -0.05) is 11.6 Å². The summed E-state index contributed by atoms with van der Waals surface area (Å²) < 4.78 is 10.9. The number of amides is 2. The molecule has 1 aromatic rings. The second kappa shape index (κ2) is 9.45. The van der Waals surface area contributed by atoms with Crippen molar-refractivity contribution in [3.8, 4) is 6.07 Å². The van der Waals surface area contributed by atoms with Crippen LogP contribution >= 0.6 is 11.6 Å². The zero-order valence-corrected chi connectivity index (χ0v) is 20.8. The van der Waals surface area contributed by atoms with Gasteiger partial charge in [0, 0.05) is 13.1 Å². The summed E-state index contributed by atoms with van der Waals surface area (Å²) in [7, 11) is 0. The minimum absolute atomic E-state index is 0.155. The molecule has 0 spiro atoms. The number of anilines is 2. The van der Waals surface area contributed by atoms with Gasteiger partial charge in [-0.25, -0.2) is 9.59 Å². The quantitative estimate of drug-likeness (QED) is 0.630. The van der Waals surface area contributed by atoms with Crippen molar-refractivity contribution in [3.63, 3.8) is 0 Å². The highest BCUT2D eigenvalue weighted by Gasteiger charge is 2.36. The number of nitrogens with one attached hydrogen (secondary N) is 1. The van der Waals surface area contributed by atoms with E-state index in [-0.39, 0.29) is 18.2 Å². The Morgan fingerprint density at radius 2 is 1.59 bits per heavy atom. The van der Waals surface area contributed by atoms with Crippen LogP contribution in [0.3, 0.4) is 0 Å². The Hall–Kier alpha value is -2.66. The summed E-state index contributed by atoms with van der Waals surface area (Å²) in [6.45, 7) is 15.7. The fourth-order valence-electron chi connectivity index (χ4n) is 3.60. The lowest BCUT2D eigenvalue weighted by Gasteiger charge is -2.45. The molecule has 1 saturated heterocycles. The zero-order chi connectivity index (χ0) is 24.4. The van der Waals surface area contributed by atoms with Crippen LogP contribution in [0.15, 0.2) is 12.1 Å². The Bertz CT molecular complexity index is 902. The average molecular weight is 465 g/mol. The number of piperazine rings is 1. The molecule has 1 aromatic carbocycles. The molecule has 8 nitrogen and oxygen atoms in total. The Morgan fingerprint density at radius 1 is 1.06 bits per heavy atom. The van der Waals surface area contributed by atoms with E-state index in [1.54, 1.807) is 31.7 Å². The highest BCUT2D eigenvalue weighted by molar-refractivity contribution is 6.36. The number of hydrogen-bond acceptors (Lipinski definition) is 6. The minimum atomic E-state index is -0.672. The monoisotopic (exact) mass is 464 g/mol. The van der Waals surface area contributed by atoms with Crippen molar-refractivity contribution in [3.05, 3.63) is 22.7 Å². The SMILES string of the molecule is C[C@H]1CN(c2cc(C#N)cc(NC(=O)OC(C)(C)C)c2Cl)C[C@H](C)N1C(=O)OC(C)(C)C. The van der Waals surface area contributed by atoms with Crippen molar-refractivity contribution in [2.45, 2.75) is 78.7 Å². The maximum atomic E-state index is 12.7. The van der Waals surface area contributed by atoms with Gasteiger partial charge in [-0.3, -0.25) is 10.2 Å². The van der Waals surface area contributed by atoms with Gasteiger partial charge >= 0.3 is 12.2 Å². The number of nitrogens with zero attached hydrogens (tertiary/aromatic N) is 3. The summed E-state index contributed by atoms with van der Waals surface area (Å²) in [5.74, 6) is 0. The number of nitriles is 1. The van der Waals surface area contributed by atoms with E-state index in [0.717, 1.165) is 0 Å². The van der Waals surface area contributed by atoms with E-state index in [1.807, 2.05) is 39.5 Å². The minimum Gasteiger partial charge on any atom is -0.444 e. The van der Waals surface area contributed by atoms with E-state index < -0.39 is 17.3 Å². The molecule has 1 heterocycles. The Balaban J connectivity index is 2.29. The second-order valence-electron chi connectivity index (χ2n) is 10.1. The number of hydrogen-bond donors (Lipinski definition) is 1. The van der Waals surface area contributed by atoms with Gasteiger partial charge in [0.2, 0.25) is 0 Å². The normalized spacial score (nSPS) is 19.2. The van der Waals surface area contributed by atoms with Crippen LogP contribution in [0.5, 0.6) is 0 Å². The Labute approximate surface area is 195 Å². The van der Waals surface area contributed by atoms with Crippen LogP contribution in [-0.4, -0.2) is 53.5 Å². The van der Waals surface area contributed by atoms with Crippen molar-refractivity contribution in [1.29, 1.82) is 5.26 Å². The topological polar surface area (TPSA) is 94.9 Å². The molecule has 0 radical (unpaired) electrons. The molecule has 9 heteroatoms. The molecule has 0 unspecified atom stereocenters. The summed E-state index contributed by atoms with van der Waals surface area (Å²) >= 11 is 6.64. The van der Waals surface area contributed by atoms with Gasteiger partial charge in [-0.2, -0.15) is 5.26 Å². The van der Waals surface area contributed by atoms with Gasteiger partial charge < -0.3 is 14.4 Å². The molecule has 0 saturated carbocycles. The molecule has 2 amide bonds. The van der Waals surface area contributed by atoms with Crippen molar-refractivity contribution < 1.29 is 19.1 Å². The predicted octanol–water partition coefficient (Wildman–Crippen LogP) is 5.39. The fraction of sp³-hybridized carbons (Fsp3) is 0.609. The third-order valence-corrected chi connectivity index (χ3v) is 5.08. The number of carbonyl (C=O) groups is 2. The van der Waals surface area contributed by atoms with Crippen LogP contribution in [0.25, 0.3) is 0 Å². The molecule has 2 atom stereocenters. The van der Waals surface area contributed by atoms with Gasteiger partial charge in [0.15, 0.2) is 0 Å². The van der Waals surface area contributed by atoms with Crippen LogP contribution in [-0.2, 0) is 9.47 Å². The zero-order valence-electron chi connectivity index (χ0n) is 20.1. The van der Waals surface area contributed by atoms with E-state index in [0.29, 0.717) is 35.1 Å².